The number of rotatable bonds is 7. The van der Waals surface area contributed by atoms with Crippen LogP contribution in [-0.4, -0.2) is 42.8 Å². The lowest BCUT2D eigenvalue weighted by Crippen LogP contribution is -2.29. The second kappa shape index (κ2) is 7.40. The summed E-state index contributed by atoms with van der Waals surface area (Å²) < 4.78 is 5.63. The van der Waals surface area contributed by atoms with E-state index in [2.05, 4.69) is 27.1 Å². The van der Waals surface area contributed by atoms with Gasteiger partial charge < -0.3 is 15.0 Å². The molecule has 0 bridgehead atoms. The maximum absolute atomic E-state index is 5.63. The molecule has 1 aliphatic heterocycles. The Morgan fingerprint density at radius 2 is 2.21 bits per heavy atom. The summed E-state index contributed by atoms with van der Waals surface area (Å²) in [5.41, 5.74) is 1.13. The van der Waals surface area contributed by atoms with Gasteiger partial charge >= 0.3 is 0 Å². The molecule has 2 rings (SSSR count). The summed E-state index contributed by atoms with van der Waals surface area (Å²) in [6.07, 6.45) is 7.58. The van der Waals surface area contributed by atoms with Crippen molar-refractivity contribution in [3.05, 3.63) is 18.0 Å². The van der Waals surface area contributed by atoms with Crippen LogP contribution in [0, 0.1) is 0 Å². The van der Waals surface area contributed by atoms with Crippen LogP contribution in [0.2, 0.25) is 0 Å². The van der Waals surface area contributed by atoms with Crippen LogP contribution in [0.1, 0.15) is 31.7 Å². The zero-order valence-corrected chi connectivity index (χ0v) is 11.9. The SMILES string of the molecule is CCCNCc1cnc(N(C)CC2CCCO2)nc1. The normalized spacial score (nSPS) is 18.7. The van der Waals surface area contributed by atoms with Gasteiger partial charge in [0.2, 0.25) is 5.95 Å². The molecule has 0 saturated carbocycles. The predicted octanol–water partition coefficient (Wildman–Crippen LogP) is 1.59. The zero-order chi connectivity index (χ0) is 13.5. The smallest absolute Gasteiger partial charge is 0.225 e. The molecule has 5 heteroatoms. The van der Waals surface area contributed by atoms with Gasteiger partial charge in [0.05, 0.1) is 6.10 Å². The van der Waals surface area contributed by atoms with Crippen LogP contribution >= 0.6 is 0 Å². The standard InChI is InChI=1S/C14H24N4O/c1-3-6-15-8-12-9-16-14(17-10-12)18(2)11-13-5-4-7-19-13/h9-10,13,15H,3-8,11H2,1-2H3. The molecule has 1 saturated heterocycles. The summed E-state index contributed by atoms with van der Waals surface area (Å²) in [4.78, 5) is 10.9. The number of nitrogens with zero attached hydrogens (tertiary/aromatic N) is 3. The van der Waals surface area contributed by atoms with Crippen molar-refractivity contribution in [3.8, 4) is 0 Å². The topological polar surface area (TPSA) is 50.3 Å². The van der Waals surface area contributed by atoms with E-state index >= 15 is 0 Å². The van der Waals surface area contributed by atoms with Crippen molar-refractivity contribution < 1.29 is 4.74 Å². The number of nitrogens with one attached hydrogen (secondary N) is 1. The molecule has 1 unspecified atom stereocenters. The fraction of sp³-hybridized carbons (Fsp3) is 0.714. The minimum Gasteiger partial charge on any atom is -0.376 e. The second-order valence-electron chi connectivity index (χ2n) is 5.08. The zero-order valence-electron chi connectivity index (χ0n) is 11.9. The third kappa shape index (κ3) is 4.44. The van der Waals surface area contributed by atoms with Gasteiger partial charge in [-0.15, -0.1) is 0 Å². The van der Waals surface area contributed by atoms with Crippen molar-refractivity contribution in [2.75, 3.05) is 31.6 Å². The van der Waals surface area contributed by atoms with Gasteiger partial charge in [-0.25, -0.2) is 9.97 Å². The van der Waals surface area contributed by atoms with E-state index in [1.54, 1.807) is 0 Å². The van der Waals surface area contributed by atoms with E-state index in [1.165, 1.54) is 6.42 Å². The number of aromatic nitrogens is 2. The van der Waals surface area contributed by atoms with E-state index in [9.17, 15) is 0 Å². The quantitative estimate of drug-likeness (QED) is 0.758. The fourth-order valence-electron chi connectivity index (χ4n) is 2.22. The third-order valence-electron chi connectivity index (χ3n) is 3.29. The Balaban J connectivity index is 1.82. The molecule has 0 aromatic carbocycles. The minimum absolute atomic E-state index is 0.333. The summed E-state index contributed by atoms with van der Waals surface area (Å²) >= 11 is 0. The van der Waals surface area contributed by atoms with Gasteiger partial charge in [-0.2, -0.15) is 0 Å². The Bertz CT molecular complexity index is 362. The molecule has 0 aliphatic carbocycles. The van der Waals surface area contributed by atoms with Crippen LogP contribution in [0.3, 0.4) is 0 Å². The molecule has 1 fully saturated rings. The highest BCUT2D eigenvalue weighted by molar-refractivity contribution is 5.28. The van der Waals surface area contributed by atoms with Crippen LogP contribution < -0.4 is 10.2 Å². The Kier molecular flexibility index (Phi) is 5.54. The minimum atomic E-state index is 0.333. The molecule has 5 nitrogen and oxygen atoms in total. The van der Waals surface area contributed by atoms with Gasteiger partial charge in [0.1, 0.15) is 0 Å². The predicted molar refractivity (Wildman–Crippen MR) is 76.3 cm³/mol. The first-order valence-corrected chi connectivity index (χ1v) is 7.14. The summed E-state index contributed by atoms with van der Waals surface area (Å²) in [6, 6.07) is 0. The molecule has 1 atom stereocenters. The second-order valence-corrected chi connectivity index (χ2v) is 5.08. The first kappa shape index (κ1) is 14.2. The lowest BCUT2D eigenvalue weighted by molar-refractivity contribution is 0.116. The highest BCUT2D eigenvalue weighted by Crippen LogP contribution is 2.15. The lowest BCUT2D eigenvalue weighted by Gasteiger charge is -2.20. The van der Waals surface area contributed by atoms with Crippen LogP contribution in [0.15, 0.2) is 12.4 Å². The molecule has 106 valence electrons. The molecule has 1 aromatic heterocycles. The molecule has 2 heterocycles. The fourth-order valence-corrected chi connectivity index (χ4v) is 2.22. The van der Waals surface area contributed by atoms with Gasteiger partial charge in [-0.1, -0.05) is 6.92 Å². The van der Waals surface area contributed by atoms with Gasteiger partial charge in [0, 0.05) is 44.7 Å². The molecule has 0 spiro atoms. The van der Waals surface area contributed by atoms with Crippen LogP contribution in [0.25, 0.3) is 0 Å². The highest BCUT2D eigenvalue weighted by atomic mass is 16.5. The Morgan fingerprint density at radius 1 is 1.42 bits per heavy atom. The molecular formula is C14H24N4O. The van der Waals surface area contributed by atoms with Crippen molar-refractivity contribution in [1.29, 1.82) is 0 Å². The van der Waals surface area contributed by atoms with Gasteiger partial charge in [-0.05, 0) is 25.8 Å². The molecule has 19 heavy (non-hydrogen) atoms. The van der Waals surface area contributed by atoms with E-state index in [-0.39, 0.29) is 0 Å². The summed E-state index contributed by atoms with van der Waals surface area (Å²) in [5.74, 6) is 0.773. The number of ether oxygens (including phenoxy) is 1. The Labute approximate surface area is 115 Å². The molecule has 1 aliphatic rings. The molecule has 0 amide bonds. The molecule has 0 radical (unpaired) electrons. The van der Waals surface area contributed by atoms with Crippen LogP contribution in [-0.2, 0) is 11.3 Å². The monoisotopic (exact) mass is 264 g/mol. The average molecular weight is 264 g/mol. The van der Waals surface area contributed by atoms with E-state index in [1.807, 2.05) is 19.4 Å². The van der Waals surface area contributed by atoms with E-state index in [4.69, 9.17) is 4.74 Å². The number of hydrogen-bond donors (Lipinski definition) is 1. The Hall–Kier alpha value is -1.20. The van der Waals surface area contributed by atoms with Crippen LogP contribution in [0.4, 0.5) is 5.95 Å². The summed E-state index contributed by atoms with van der Waals surface area (Å²) in [5, 5.41) is 3.35. The number of likely N-dealkylation sites (N-methyl/N-ethyl adjacent to an activating group) is 1. The van der Waals surface area contributed by atoms with Gasteiger partial charge in [0.25, 0.3) is 0 Å². The summed E-state index contributed by atoms with van der Waals surface area (Å²) in [7, 11) is 2.02. The van der Waals surface area contributed by atoms with Crippen molar-refractivity contribution in [2.45, 2.75) is 38.8 Å². The first-order chi connectivity index (χ1) is 9.29. The third-order valence-corrected chi connectivity index (χ3v) is 3.29. The van der Waals surface area contributed by atoms with E-state index in [0.29, 0.717) is 6.10 Å². The van der Waals surface area contributed by atoms with Gasteiger partial charge in [-0.3, -0.25) is 0 Å². The maximum atomic E-state index is 5.63. The molecule has 1 N–H and O–H groups in total. The van der Waals surface area contributed by atoms with Crippen molar-refractivity contribution >= 4 is 5.95 Å². The van der Waals surface area contributed by atoms with Crippen LogP contribution in [0.5, 0.6) is 0 Å². The van der Waals surface area contributed by atoms with Crippen molar-refractivity contribution in [2.24, 2.45) is 0 Å². The van der Waals surface area contributed by atoms with E-state index < -0.39 is 0 Å². The Morgan fingerprint density at radius 3 is 2.84 bits per heavy atom. The van der Waals surface area contributed by atoms with Crippen molar-refractivity contribution in [1.82, 2.24) is 15.3 Å². The number of hydrogen-bond acceptors (Lipinski definition) is 5. The average Bonchev–Trinajstić information content (AvgIpc) is 2.93. The van der Waals surface area contributed by atoms with Gasteiger partial charge in [0.15, 0.2) is 0 Å². The summed E-state index contributed by atoms with van der Waals surface area (Å²) in [6.45, 7) is 5.78. The lowest BCUT2D eigenvalue weighted by atomic mass is 10.2. The largest absolute Gasteiger partial charge is 0.376 e. The molecule has 1 aromatic rings. The first-order valence-electron chi connectivity index (χ1n) is 7.14. The van der Waals surface area contributed by atoms with E-state index in [0.717, 1.165) is 50.6 Å². The number of anilines is 1. The van der Waals surface area contributed by atoms with Crippen molar-refractivity contribution in [3.63, 3.8) is 0 Å². The highest BCUT2D eigenvalue weighted by Gasteiger charge is 2.18. The molecular weight excluding hydrogens is 240 g/mol. The maximum Gasteiger partial charge on any atom is 0.225 e.